The van der Waals surface area contributed by atoms with Gasteiger partial charge in [0.2, 0.25) is 5.91 Å². The van der Waals surface area contributed by atoms with E-state index in [9.17, 15) is 13.2 Å². The second-order valence-corrected chi connectivity index (χ2v) is 11.4. The lowest BCUT2D eigenvalue weighted by atomic mass is 9.80. The predicted molar refractivity (Wildman–Crippen MR) is 118 cm³/mol. The number of carbonyl (C=O) groups excluding carboxylic acids is 1. The third-order valence-electron chi connectivity index (χ3n) is 6.72. The number of aryl methyl sites for hydroxylation is 2. The van der Waals surface area contributed by atoms with Gasteiger partial charge in [0, 0.05) is 42.6 Å². The van der Waals surface area contributed by atoms with E-state index in [0.717, 1.165) is 43.4 Å². The SMILES string of the molecule is Cc1ccc2c(c1)Cc1c(cnn1C)CN2C(=O)C1CCC(CCS(C)(=O)=O)CC1. The average Bonchev–Trinajstić information content (AvgIpc) is 2.95. The fraction of sp³-hybridized carbons (Fsp3) is 0.565. The topological polar surface area (TPSA) is 72.3 Å². The van der Waals surface area contributed by atoms with Gasteiger partial charge < -0.3 is 4.90 Å². The molecule has 4 rings (SSSR count). The van der Waals surface area contributed by atoms with Gasteiger partial charge in [-0.3, -0.25) is 9.48 Å². The van der Waals surface area contributed by atoms with Gasteiger partial charge in [0.15, 0.2) is 0 Å². The second kappa shape index (κ2) is 8.17. The zero-order chi connectivity index (χ0) is 21.5. The summed E-state index contributed by atoms with van der Waals surface area (Å²) in [5, 5.41) is 4.42. The zero-order valence-corrected chi connectivity index (χ0v) is 18.9. The number of rotatable bonds is 4. The minimum Gasteiger partial charge on any atom is -0.307 e. The molecule has 2 aromatic rings. The Kier molecular flexibility index (Phi) is 5.75. The Morgan fingerprint density at radius 3 is 2.60 bits per heavy atom. The van der Waals surface area contributed by atoms with Crippen LogP contribution >= 0.6 is 0 Å². The first kappa shape index (κ1) is 21.1. The summed E-state index contributed by atoms with van der Waals surface area (Å²) in [6, 6.07) is 6.34. The Morgan fingerprint density at radius 1 is 1.17 bits per heavy atom. The predicted octanol–water partition coefficient (Wildman–Crippen LogP) is 3.41. The Balaban J connectivity index is 1.52. The molecule has 1 aromatic carbocycles. The van der Waals surface area contributed by atoms with Crippen molar-refractivity contribution in [1.29, 1.82) is 0 Å². The molecule has 0 bridgehead atoms. The van der Waals surface area contributed by atoms with Crippen LogP contribution in [0.3, 0.4) is 0 Å². The van der Waals surface area contributed by atoms with Crippen molar-refractivity contribution in [3.63, 3.8) is 0 Å². The molecule has 2 heterocycles. The fourth-order valence-electron chi connectivity index (χ4n) is 4.92. The monoisotopic (exact) mass is 429 g/mol. The molecule has 1 aromatic heterocycles. The van der Waals surface area contributed by atoms with Crippen molar-refractivity contribution >= 4 is 21.4 Å². The lowest BCUT2D eigenvalue weighted by Gasteiger charge is -2.32. The summed E-state index contributed by atoms with van der Waals surface area (Å²) in [5.74, 6) is 0.858. The van der Waals surface area contributed by atoms with Crippen LogP contribution in [-0.2, 0) is 34.6 Å². The van der Waals surface area contributed by atoms with E-state index >= 15 is 0 Å². The number of sulfone groups is 1. The van der Waals surface area contributed by atoms with Crippen LogP contribution in [0.25, 0.3) is 0 Å². The number of hydrogen-bond acceptors (Lipinski definition) is 4. The van der Waals surface area contributed by atoms with E-state index in [2.05, 4.69) is 30.2 Å². The molecule has 30 heavy (non-hydrogen) atoms. The molecule has 0 saturated heterocycles. The van der Waals surface area contributed by atoms with Gasteiger partial charge in [-0.1, -0.05) is 17.7 Å². The van der Waals surface area contributed by atoms with Crippen molar-refractivity contribution < 1.29 is 13.2 Å². The molecule has 6 nitrogen and oxygen atoms in total. The smallest absolute Gasteiger partial charge is 0.230 e. The highest BCUT2D eigenvalue weighted by Crippen LogP contribution is 2.36. The molecule has 2 aliphatic rings. The van der Waals surface area contributed by atoms with Gasteiger partial charge >= 0.3 is 0 Å². The van der Waals surface area contributed by atoms with E-state index in [1.54, 1.807) is 0 Å². The maximum absolute atomic E-state index is 13.6. The standard InChI is InChI=1S/C23H31N3O3S/c1-16-4-9-21-19(12-16)13-22-20(14-24-25(22)2)15-26(21)23(27)18-7-5-17(6-8-18)10-11-30(3,28)29/h4,9,12,14,17-18H,5-8,10-11,13,15H2,1-3H3. The third-order valence-corrected chi connectivity index (χ3v) is 7.70. The summed E-state index contributed by atoms with van der Waals surface area (Å²) >= 11 is 0. The van der Waals surface area contributed by atoms with Crippen LogP contribution in [-0.4, -0.2) is 36.1 Å². The van der Waals surface area contributed by atoms with Gasteiger partial charge in [-0.25, -0.2) is 8.42 Å². The van der Waals surface area contributed by atoms with Crippen molar-refractivity contribution in [2.45, 2.75) is 52.0 Å². The summed E-state index contributed by atoms with van der Waals surface area (Å²) in [5.41, 5.74) is 5.66. The first-order chi connectivity index (χ1) is 14.2. The maximum Gasteiger partial charge on any atom is 0.230 e. The van der Waals surface area contributed by atoms with E-state index < -0.39 is 9.84 Å². The molecule has 1 fully saturated rings. The molecule has 1 saturated carbocycles. The molecular formula is C23H31N3O3S. The van der Waals surface area contributed by atoms with Gasteiger partial charge in [-0.15, -0.1) is 0 Å². The molecule has 0 atom stereocenters. The highest BCUT2D eigenvalue weighted by atomic mass is 32.2. The highest BCUT2D eigenvalue weighted by molar-refractivity contribution is 7.90. The van der Waals surface area contributed by atoms with Crippen LogP contribution in [0.2, 0.25) is 0 Å². The number of benzene rings is 1. The lowest BCUT2D eigenvalue weighted by molar-refractivity contribution is -0.123. The van der Waals surface area contributed by atoms with Crippen LogP contribution in [0.4, 0.5) is 5.69 Å². The Labute approximate surface area is 179 Å². The minimum absolute atomic E-state index is 0.00635. The van der Waals surface area contributed by atoms with Gasteiger partial charge in [-0.2, -0.15) is 5.10 Å². The number of anilines is 1. The number of hydrogen-bond donors (Lipinski definition) is 0. The number of nitrogens with zero attached hydrogens (tertiary/aromatic N) is 3. The molecule has 7 heteroatoms. The first-order valence-electron chi connectivity index (χ1n) is 10.8. The van der Waals surface area contributed by atoms with Crippen molar-refractivity contribution in [2.24, 2.45) is 18.9 Å². The minimum atomic E-state index is -2.92. The lowest BCUT2D eigenvalue weighted by Crippen LogP contribution is -2.37. The first-order valence-corrected chi connectivity index (χ1v) is 12.9. The molecule has 0 N–H and O–H groups in total. The number of fused-ring (bicyclic) bond motifs is 2. The van der Waals surface area contributed by atoms with Crippen LogP contribution < -0.4 is 4.90 Å². The van der Waals surface area contributed by atoms with Gasteiger partial charge in [-0.05, 0) is 56.6 Å². The Morgan fingerprint density at radius 2 is 1.90 bits per heavy atom. The molecule has 0 unspecified atom stereocenters. The zero-order valence-electron chi connectivity index (χ0n) is 18.1. The van der Waals surface area contributed by atoms with E-state index in [-0.39, 0.29) is 17.6 Å². The van der Waals surface area contributed by atoms with E-state index in [1.165, 1.54) is 23.1 Å². The summed E-state index contributed by atoms with van der Waals surface area (Å²) in [7, 11) is -0.959. The molecule has 0 radical (unpaired) electrons. The fourth-order valence-corrected chi connectivity index (χ4v) is 5.68. The highest BCUT2D eigenvalue weighted by Gasteiger charge is 2.33. The average molecular weight is 430 g/mol. The van der Waals surface area contributed by atoms with Crippen LogP contribution in [0.5, 0.6) is 0 Å². The molecule has 162 valence electrons. The quantitative estimate of drug-likeness (QED) is 0.747. The third kappa shape index (κ3) is 4.46. The van der Waals surface area contributed by atoms with E-state index in [1.807, 2.05) is 22.8 Å². The van der Waals surface area contributed by atoms with Gasteiger partial charge in [0.1, 0.15) is 9.84 Å². The van der Waals surface area contributed by atoms with Gasteiger partial charge in [0.25, 0.3) is 0 Å². The van der Waals surface area contributed by atoms with E-state index in [0.29, 0.717) is 18.9 Å². The maximum atomic E-state index is 13.6. The summed E-state index contributed by atoms with van der Waals surface area (Å²) in [6.07, 6.45) is 8.21. The van der Waals surface area contributed by atoms with Crippen molar-refractivity contribution in [1.82, 2.24) is 9.78 Å². The van der Waals surface area contributed by atoms with Crippen molar-refractivity contribution in [3.05, 3.63) is 46.8 Å². The number of carbonyl (C=O) groups is 1. The largest absolute Gasteiger partial charge is 0.307 e. The summed E-state index contributed by atoms with van der Waals surface area (Å²) < 4.78 is 24.8. The Hall–Kier alpha value is -2.15. The van der Waals surface area contributed by atoms with Crippen LogP contribution in [0.1, 0.15) is 54.5 Å². The van der Waals surface area contributed by atoms with Crippen LogP contribution in [0, 0.1) is 18.8 Å². The molecular weight excluding hydrogens is 398 g/mol. The molecule has 1 amide bonds. The summed E-state index contributed by atoms with van der Waals surface area (Å²) in [4.78, 5) is 15.6. The van der Waals surface area contributed by atoms with Crippen LogP contribution in [0.15, 0.2) is 24.4 Å². The summed E-state index contributed by atoms with van der Waals surface area (Å²) in [6.45, 7) is 2.64. The van der Waals surface area contributed by atoms with Crippen molar-refractivity contribution in [2.75, 3.05) is 16.9 Å². The normalized spacial score (nSPS) is 21.6. The van der Waals surface area contributed by atoms with E-state index in [4.69, 9.17) is 0 Å². The molecule has 0 spiro atoms. The van der Waals surface area contributed by atoms with Gasteiger partial charge in [0.05, 0.1) is 18.5 Å². The second-order valence-electron chi connectivity index (χ2n) is 9.11. The molecule has 1 aliphatic carbocycles. The number of amides is 1. The van der Waals surface area contributed by atoms with Crippen molar-refractivity contribution in [3.8, 4) is 0 Å². The Bertz CT molecular complexity index is 1050. The molecule has 1 aliphatic heterocycles. The number of aromatic nitrogens is 2.